The molecule has 0 saturated carbocycles. The third-order valence-corrected chi connectivity index (χ3v) is 3.84. The summed E-state index contributed by atoms with van der Waals surface area (Å²) >= 11 is 0. The predicted octanol–water partition coefficient (Wildman–Crippen LogP) is 3.10. The second kappa shape index (κ2) is 8.33. The molecule has 1 aliphatic heterocycles. The maximum Gasteiger partial charge on any atom is 0.415 e. The number of nitrogens with zero attached hydrogens (tertiary/aromatic N) is 3. The molecule has 2 aromatic rings. The number of nitrogen functional groups attached to an aromatic ring is 1. The van der Waals surface area contributed by atoms with Gasteiger partial charge in [-0.1, -0.05) is 36.4 Å². The highest BCUT2D eigenvalue weighted by molar-refractivity contribution is 5.86. The molecule has 1 aliphatic rings. The maximum atomic E-state index is 12.5. The van der Waals surface area contributed by atoms with Crippen LogP contribution in [0.2, 0.25) is 0 Å². The Bertz CT molecular complexity index is 807. The minimum absolute atomic E-state index is 0.147. The van der Waals surface area contributed by atoms with Gasteiger partial charge >= 0.3 is 12.1 Å². The number of carbonyl (C=O) groups is 1. The Hall–Kier alpha value is -3.09. The number of carbonyl (C=O) groups excluding carboxylic acids is 1. The normalized spacial score (nSPS) is 14.3. The van der Waals surface area contributed by atoms with Gasteiger partial charge in [-0.05, 0) is 30.9 Å². The van der Waals surface area contributed by atoms with Crippen molar-refractivity contribution in [3.63, 3.8) is 0 Å². The lowest BCUT2D eigenvalue weighted by atomic mass is 10.1. The van der Waals surface area contributed by atoms with Gasteiger partial charge < -0.3 is 15.2 Å². The highest BCUT2D eigenvalue weighted by Gasteiger charge is 2.21. The van der Waals surface area contributed by atoms with Crippen LogP contribution in [0.25, 0.3) is 0 Å². The summed E-state index contributed by atoms with van der Waals surface area (Å²) < 4.78 is 10.8. The van der Waals surface area contributed by atoms with Crippen molar-refractivity contribution in [3.05, 3.63) is 53.6 Å². The number of anilines is 2. The summed E-state index contributed by atoms with van der Waals surface area (Å²) in [6, 6.07) is 9.77. The Morgan fingerprint density at radius 3 is 2.96 bits per heavy atom. The molecule has 0 fully saturated rings. The average Bonchev–Trinajstić information content (AvgIpc) is 2.62. The first-order valence-electron chi connectivity index (χ1n) is 8.60. The number of hydrogen-bond acceptors (Lipinski definition) is 6. The average molecular weight is 354 g/mol. The molecule has 0 saturated heterocycles. The van der Waals surface area contributed by atoms with Crippen molar-refractivity contribution in [2.24, 2.45) is 0 Å². The van der Waals surface area contributed by atoms with Crippen molar-refractivity contribution in [1.82, 2.24) is 9.97 Å². The molecule has 1 aromatic carbocycles. The summed E-state index contributed by atoms with van der Waals surface area (Å²) in [7, 11) is 0. The Morgan fingerprint density at radius 1 is 1.27 bits per heavy atom. The molecular weight excluding hydrogens is 332 g/mol. The van der Waals surface area contributed by atoms with Gasteiger partial charge in [-0.15, -0.1) is 0 Å². The Balaban J connectivity index is 2.02. The van der Waals surface area contributed by atoms with Gasteiger partial charge in [0, 0.05) is 6.07 Å². The minimum Gasteiger partial charge on any atom is -0.463 e. The van der Waals surface area contributed by atoms with Crippen molar-refractivity contribution in [3.8, 4) is 6.01 Å². The molecule has 0 aliphatic carbocycles. The lowest BCUT2D eigenvalue weighted by molar-refractivity contribution is 0.159. The van der Waals surface area contributed by atoms with Crippen LogP contribution in [0.15, 0.2) is 42.5 Å². The fraction of sp³-hybridized carbons (Fsp3) is 0.316. The minimum atomic E-state index is -0.492. The molecule has 3 rings (SSSR count). The molecule has 136 valence electrons. The summed E-state index contributed by atoms with van der Waals surface area (Å²) in [6.45, 7) is 2.77. The summed E-state index contributed by atoms with van der Waals surface area (Å²) in [5.74, 6) is 0.583. The monoisotopic (exact) mass is 354 g/mol. The zero-order valence-electron chi connectivity index (χ0n) is 14.7. The van der Waals surface area contributed by atoms with Crippen molar-refractivity contribution < 1.29 is 14.3 Å². The lowest BCUT2D eigenvalue weighted by Crippen LogP contribution is -2.32. The number of aromatic nitrogens is 2. The number of rotatable bonds is 1. The maximum absolute atomic E-state index is 12.5. The predicted molar refractivity (Wildman–Crippen MR) is 99.0 cm³/mol. The number of nitrogens with two attached hydrogens (primary N) is 1. The first-order valence-corrected chi connectivity index (χ1v) is 8.60. The van der Waals surface area contributed by atoms with Crippen LogP contribution in [0.5, 0.6) is 6.01 Å². The van der Waals surface area contributed by atoms with Gasteiger partial charge in [-0.3, -0.25) is 4.90 Å². The second-order valence-corrected chi connectivity index (χ2v) is 5.85. The molecule has 7 heteroatoms. The first kappa shape index (κ1) is 17.7. The van der Waals surface area contributed by atoms with E-state index in [9.17, 15) is 4.79 Å². The van der Waals surface area contributed by atoms with Crippen molar-refractivity contribution in [2.45, 2.75) is 26.3 Å². The molecule has 1 amide bonds. The summed E-state index contributed by atoms with van der Waals surface area (Å²) in [6.07, 6.45) is 5.23. The van der Waals surface area contributed by atoms with Gasteiger partial charge in [0.15, 0.2) is 0 Å². The van der Waals surface area contributed by atoms with Crippen LogP contribution in [-0.2, 0) is 17.7 Å². The number of fused-ring (bicyclic) bond motifs is 4. The SMILES string of the molecule is CCOC(=O)N1Cc2cccc(c2)CC=CCCOc2nc(N)cc1n2. The Morgan fingerprint density at radius 2 is 2.12 bits per heavy atom. The molecule has 2 heterocycles. The van der Waals surface area contributed by atoms with Gasteiger partial charge in [0.2, 0.25) is 0 Å². The van der Waals surface area contributed by atoms with Crippen molar-refractivity contribution in [2.75, 3.05) is 23.8 Å². The van der Waals surface area contributed by atoms with Gasteiger partial charge in [0.05, 0.1) is 19.8 Å². The molecule has 2 N–H and O–H groups in total. The van der Waals surface area contributed by atoms with Gasteiger partial charge in [-0.2, -0.15) is 9.97 Å². The van der Waals surface area contributed by atoms with Crippen molar-refractivity contribution in [1.29, 1.82) is 0 Å². The van der Waals surface area contributed by atoms with Crippen LogP contribution in [-0.4, -0.2) is 29.3 Å². The Labute approximate surface area is 152 Å². The van der Waals surface area contributed by atoms with E-state index in [1.165, 1.54) is 10.5 Å². The van der Waals surface area contributed by atoms with E-state index in [1.54, 1.807) is 13.0 Å². The molecule has 0 unspecified atom stereocenters. The van der Waals surface area contributed by atoms with E-state index in [1.807, 2.05) is 12.1 Å². The summed E-state index contributed by atoms with van der Waals surface area (Å²) in [5, 5.41) is 0. The molecule has 7 nitrogen and oxygen atoms in total. The molecule has 0 spiro atoms. The second-order valence-electron chi connectivity index (χ2n) is 5.85. The quantitative estimate of drug-likeness (QED) is 0.791. The fourth-order valence-corrected chi connectivity index (χ4v) is 2.67. The third-order valence-electron chi connectivity index (χ3n) is 3.84. The zero-order valence-corrected chi connectivity index (χ0v) is 14.7. The van der Waals surface area contributed by atoms with E-state index in [-0.39, 0.29) is 18.4 Å². The standard InChI is InChI=1S/C19H22N4O3/c1-2-25-19(24)23-13-15-9-6-8-14(11-15)7-4-3-5-10-26-18-21-16(20)12-17(23)22-18/h3-4,6,8-9,11-12H,2,5,7,10,13H2,1H3,(H2,20,21,22). The largest absolute Gasteiger partial charge is 0.463 e. The molecule has 26 heavy (non-hydrogen) atoms. The van der Waals surface area contributed by atoms with E-state index in [4.69, 9.17) is 15.2 Å². The number of ether oxygens (including phenoxy) is 2. The van der Waals surface area contributed by atoms with Crippen LogP contribution < -0.4 is 15.4 Å². The van der Waals surface area contributed by atoms with Crippen molar-refractivity contribution >= 4 is 17.7 Å². The molecule has 4 bridgehead atoms. The number of allylic oxidation sites excluding steroid dienone is 1. The summed E-state index contributed by atoms with van der Waals surface area (Å²) in [5.41, 5.74) is 8.02. The molecule has 0 radical (unpaired) electrons. The molecule has 1 aromatic heterocycles. The topological polar surface area (TPSA) is 90.6 Å². The number of hydrogen-bond donors (Lipinski definition) is 1. The van der Waals surface area contributed by atoms with Crippen LogP contribution in [0.4, 0.5) is 16.4 Å². The smallest absolute Gasteiger partial charge is 0.415 e. The first-order chi connectivity index (χ1) is 12.7. The van der Waals surface area contributed by atoms with E-state index in [2.05, 4.69) is 34.3 Å². The zero-order chi connectivity index (χ0) is 18.4. The van der Waals surface area contributed by atoms with Crippen LogP contribution in [0, 0.1) is 0 Å². The van der Waals surface area contributed by atoms with E-state index < -0.39 is 6.09 Å². The van der Waals surface area contributed by atoms with Crippen LogP contribution >= 0.6 is 0 Å². The van der Waals surface area contributed by atoms with E-state index >= 15 is 0 Å². The van der Waals surface area contributed by atoms with Crippen LogP contribution in [0.1, 0.15) is 24.5 Å². The van der Waals surface area contributed by atoms with Gasteiger partial charge in [0.1, 0.15) is 11.6 Å². The van der Waals surface area contributed by atoms with E-state index in [0.717, 1.165) is 18.4 Å². The lowest BCUT2D eigenvalue weighted by Gasteiger charge is -2.22. The van der Waals surface area contributed by atoms with E-state index in [0.29, 0.717) is 19.0 Å². The van der Waals surface area contributed by atoms with Crippen LogP contribution in [0.3, 0.4) is 0 Å². The number of benzene rings is 1. The Kier molecular flexibility index (Phi) is 5.68. The summed E-state index contributed by atoms with van der Waals surface area (Å²) in [4.78, 5) is 22.4. The highest BCUT2D eigenvalue weighted by atomic mass is 16.6. The van der Waals surface area contributed by atoms with Gasteiger partial charge in [-0.25, -0.2) is 4.79 Å². The fourth-order valence-electron chi connectivity index (χ4n) is 2.67. The molecule has 0 atom stereocenters. The molecular formula is C19H22N4O3. The highest BCUT2D eigenvalue weighted by Crippen LogP contribution is 2.22. The third kappa shape index (κ3) is 4.50. The van der Waals surface area contributed by atoms with Gasteiger partial charge in [0.25, 0.3) is 0 Å². The number of amides is 1.